The van der Waals surface area contributed by atoms with E-state index in [1.807, 2.05) is 0 Å². The Bertz CT molecular complexity index is 743. The maximum atomic E-state index is 12.2. The molecule has 0 saturated heterocycles. The third-order valence-corrected chi connectivity index (χ3v) is 4.31. The molecule has 21 heavy (non-hydrogen) atoms. The van der Waals surface area contributed by atoms with Crippen molar-refractivity contribution in [2.75, 3.05) is 7.11 Å². The molecule has 8 heteroatoms. The van der Waals surface area contributed by atoms with E-state index in [4.69, 9.17) is 4.18 Å². The second-order valence-corrected chi connectivity index (χ2v) is 5.80. The molecule has 0 spiro atoms. The van der Waals surface area contributed by atoms with Crippen LogP contribution in [0.1, 0.15) is 21.7 Å². The first-order chi connectivity index (χ1) is 9.85. The predicted octanol–water partition coefficient (Wildman–Crippen LogP) is 1.58. The SMILES string of the molecule is COC(=O)c1ccc(OS(=O)(=O)c2c(C)n[nH]c2C)cc1. The normalized spacial score (nSPS) is 11.2. The molecule has 0 saturated carbocycles. The zero-order valence-corrected chi connectivity index (χ0v) is 12.5. The molecule has 0 atom stereocenters. The molecule has 2 aromatic rings. The summed E-state index contributed by atoms with van der Waals surface area (Å²) in [5.41, 5.74) is 1.04. The Morgan fingerprint density at radius 1 is 1.19 bits per heavy atom. The number of aryl methyl sites for hydroxylation is 2. The van der Waals surface area contributed by atoms with Crippen molar-refractivity contribution in [3.63, 3.8) is 0 Å². The smallest absolute Gasteiger partial charge is 0.342 e. The minimum Gasteiger partial charge on any atom is -0.465 e. The minimum absolute atomic E-state index is 0.0135. The van der Waals surface area contributed by atoms with Gasteiger partial charge in [-0.2, -0.15) is 13.5 Å². The first-order valence-corrected chi connectivity index (χ1v) is 7.40. The number of hydrogen-bond donors (Lipinski definition) is 1. The first kappa shape index (κ1) is 15.0. The number of H-pyrrole nitrogens is 1. The Morgan fingerprint density at radius 3 is 2.29 bits per heavy atom. The van der Waals surface area contributed by atoms with E-state index in [-0.39, 0.29) is 10.6 Å². The molecular weight excluding hydrogens is 296 g/mol. The number of ether oxygens (including phenoxy) is 1. The van der Waals surface area contributed by atoms with E-state index in [1.165, 1.54) is 31.4 Å². The average Bonchev–Trinajstić information content (AvgIpc) is 2.78. The number of esters is 1. The van der Waals surface area contributed by atoms with Crippen LogP contribution in [0.15, 0.2) is 29.2 Å². The summed E-state index contributed by atoms with van der Waals surface area (Å²) in [6.07, 6.45) is 0. The molecule has 1 heterocycles. The lowest BCUT2D eigenvalue weighted by atomic mass is 10.2. The van der Waals surface area contributed by atoms with Crippen LogP contribution in [0.5, 0.6) is 5.75 Å². The standard InChI is InChI=1S/C13H14N2O5S/c1-8-12(9(2)15-14-8)21(17,18)20-11-6-4-10(5-7-11)13(16)19-3/h4-7H,1-3H3,(H,14,15). The van der Waals surface area contributed by atoms with Gasteiger partial charge in [0.25, 0.3) is 0 Å². The highest BCUT2D eigenvalue weighted by Crippen LogP contribution is 2.23. The van der Waals surface area contributed by atoms with Gasteiger partial charge < -0.3 is 8.92 Å². The molecule has 0 aliphatic heterocycles. The summed E-state index contributed by atoms with van der Waals surface area (Å²) in [6.45, 7) is 3.16. The van der Waals surface area contributed by atoms with Crippen molar-refractivity contribution in [1.29, 1.82) is 0 Å². The molecule has 0 radical (unpaired) electrons. The third kappa shape index (κ3) is 3.05. The fraction of sp³-hybridized carbons (Fsp3) is 0.231. The van der Waals surface area contributed by atoms with Crippen molar-refractivity contribution in [3.05, 3.63) is 41.2 Å². The van der Waals surface area contributed by atoms with E-state index in [2.05, 4.69) is 14.9 Å². The second kappa shape index (κ2) is 5.57. The average molecular weight is 310 g/mol. The number of benzene rings is 1. The van der Waals surface area contributed by atoms with Crippen LogP contribution in [-0.2, 0) is 14.9 Å². The van der Waals surface area contributed by atoms with Gasteiger partial charge in [-0.05, 0) is 38.1 Å². The quantitative estimate of drug-likeness (QED) is 0.680. The Kier molecular flexibility index (Phi) is 3.99. The Balaban J connectivity index is 2.27. The summed E-state index contributed by atoms with van der Waals surface area (Å²) >= 11 is 0. The van der Waals surface area contributed by atoms with Gasteiger partial charge in [0.2, 0.25) is 0 Å². The van der Waals surface area contributed by atoms with Gasteiger partial charge >= 0.3 is 16.1 Å². The third-order valence-electron chi connectivity index (χ3n) is 2.79. The van der Waals surface area contributed by atoms with Crippen molar-refractivity contribution in [1.82, 2.24) is 10.2 Å². The number of methoxy groups -OCH3 is 1. The van der Waals surface area contributed by atoms with Gasteiger partial charge in [-0.3, -0.25) is 5.10 Å². The van der Waals surface area contributed by atoms with Gasteiger partial charge in [0.1, 0.15) is 10.6 Å². The Morgan fingerprint density at radius 2 is 1.81 bits per heavy atom. The molecule has 0 aliphatic carbocycles. The van der Waals surface area contributed by atoms with Crippen molar-refractivity contribution in [3.8, 4) is 5.75 Å². The number of hydrogen-bond acceptors (Lipinski definition) is 6. The number of nitrogens with zero attached hydrogens (tertiary/aromatic N) is 1. The van der Waals surface area contributed by atoms with E-state index in [0.717, 1.165) is 0 Å². The number of aromatic amines is 1. The van der Waals surface area contributed by atoms with Crippen LogP contribution >= 0.6 is 0 Å². The summed E-state index contributed by atoms with van der Waals surface area (Å²) < 4.78 is 34.0. The monoisotopic (exact) mass is 310 g/mol. The summed E-state index contributed by atoms with van der Waals surface area (Å²) in [4.78, 5) is 11.3. The zero-order valence-electron chi connectivity index (χ0n) is 11.7. The van der Waals surface area contributed by atoms with Crippen LogP contribution in [0.2, 0.25) is 0 Å². The first-order valence-electron chi connectivity index (χ1n) is 5.99. The number of carbonyl (C=O) groups is 1. The van der Waals surface area contributed by atoms with Gasteiger partial charge in [0.05, 0.1) is 24.1 Å². The highest BCUT2D eigenvalue weighted by molar-refractivity contribution is 7.87. The van der Waals surface area contributed by atoms with Gasteiger partial charge in [0.15, 0.2) is 0 Å². The largest absolute Gasteiger partial charge is 0.465 e. The molecule has 0 bridgehead atoms. The van der Waals surface area contributed by atoms with Crippen LogP contribution in [0, 0.1) is 13.8 Å². The van der Waals surface area contributed by atoms with E-state index >= 15 is 0 Å². The van der Waals surface area contributed by atoms with Crippen molar-refractivity contribution >= 4 is 16.1 Å². The summed E-state index contributed by atoms with van der Waals surface area (Å²) in [5, 5.41) is 6.42. The fourth-order valence-electron chi connectivity index (χ4n) is 1.84. The number of rotatable bonds is 4. The molecule has 0 aliphatic rings. The molecule has 1 N–H and O–H groups in total. The topological polar surface area (TPSA) is 98.3 Å². The number of nitrogens with one attached hydrogen (secondary N) is 1. The summed E-state index contributed by atoms with van der Waals surface area (Å²) in [5.74, 6) is -0.409. The van der Waals surface area contributed by atoms with E-state index < -0.39 is 16.1 Å². The van der Waals surface area contributed by atoms with E-state index in [0.29, 0.717) is 17.0 Å². The highest BCUT2D eigenvalue weighted by atomic mass is 32.2. The van der Waals surface area contributed by atoms with Gasteiger partial charge in [-0.1, -0.05) is 0 Å². The fourth-order valence-corrected chi connectivity index (χ4v) is 3.12. The Labute approximate surface area is 122 Å². The zero-order chi connectivity index (χ0) is 15.6. The number of aromatic nitrogens is 2. The van der Waals surface area contributed by atoms with Gasteiger partial charge in [0, 0.05) is 0 Å². The predicted molar refractivity (Wildman–Crippen MR) is 73.7 cm³/mol. The molecular formula is C13H14N2O5S. The van der Waals surface area contributed by atoms with E-state index in [9.17, 15) is 13.2 Å². The summed E-state index contributed by atoms with van der Waals surface area (Å²) in [7, 11) is -2.71. The maximum absolute atomic E-state index is 12.2. The second-order valence-electron chi connectivity index (χ2n) is 4.32. The molecule has 1 aromatic carbocycles. The highest BCUT2D eigenvalue weighted by Gasteiger charge is 2.24. The molecule has 1 aromatic heterocycles. The molecule has 0 amide bonds. The lowest BCUT2D eigenvalue weighted by Gasteiger charge is -2.07. The van der Waals surface area contributed by atoms with Gasteiger partial charge in [-0.15, -0.1) is 0 Å². The maximum Gasteiger partial charge on any atom is 0.342 e. The molecule has 2 rings (SSSR count). The lowest BCUT2D eigenvalue weighted by Crippen LogP contribution is -2.11. The van der Waals surface area contributed by atoms with Crippen molar-refractivity contribution in [2.45, 2.75) is 18.7 Å². The number of carbonyl (C=O) groups excluding carboxylic acids is 1. The lowest BCUT2D eigenvalue weighted by molar-refractivity contribution is 0.0600. The van der Waals surface area contributed by atoms with Crippen LogP contribution in [0.25, 0.3) is 0 Å². The molecule has 0 fully saturated rings. The van der Waals surface area contributed by atoms with Crippen molar-refractivity contribution in [2.24, 2.45) is 0 Å². The summed E-state index contributed by atoms with van der Waals surface area (Å²) in [6, 6.07) is 5.61. The van der Waals surface area contributed by atoms with Crippen LogP contribution in [-0.4, -0.2) is 31.7 Å². The Hall–Kier alpha value is -2.35. The van der Waals surface area contributed by atoms with Crippen molar-refractivity contribution < 1.29 is 22.1 Å². The van der Waals surface area contributed by atoms with Crippen LogP contribution < -0.4 is 4.18 Å². The molecule has 7 nitrogen and oxygen atoms in total. The molecule has 112 valence electrons. The van der Waals surface area contributed by atoms with Crippen LogP contribution in [0.4, 0.5) is 0 Å². The van der Waals surface area contributed by atoms with Crippen LogP contribution in [0.3, 0.4) is 0 Å². The minimum atomic E-state index is -3.98. The van der Waals surface area contributed by atoms with Gasteiger partial charge in [-0.25, -0.2) is 4.79 Å². The van der Waals surface area contributed by atoms with E-state index in [1.54, 1.807) is 13.8 Å². The molecule has 0 unspecified atom stereocenters.